The van der Waals surface area contributed by atoms with Crippen molar-refractivity contribution >= 4 is 27.8 Å². The molecule has 0 heterocycles. The summed E-state index contributed by atoms with van der Waals surface area (Å²) >= 11 is 0. The summed E-state index contributed by atoms with van der Waals surface area (Å²) in [7, 11) is -6.71. The van der Waals surface area contributed by atoms with Crippen molar-refractivity contribution in [3.05, 3.63) is 12.2 Å². The Labute approximate surface area is 188 Å². The molecule has 1 atom stereocenters. The zero-order chi connectivity index (χ0) is 28.3. The van der Waals surface area contributed by atoms with Gasteiger partial charge in [-0.25, -0.2) is 9.59 Å². The predicted octanol–water partition coefficient (Wildman–Crippen LogP) is 2.95. The number of hydrogen-bond donors (Lipinski definition) is 1. The first-order chi connectivity index (χ1) is 15.3. The first-order valence-electron chi connectivity index (χ1n) is 8.43. The number of hydrogen-bond acceptors (Lipinski definition) is 8. The second-order valence-electron chi connectivity index (χ2n) is 6.41. The topological polar surface area (TPSA) is 133 Å². The van der Waals surface area contributed by atoms with E-state index in [1.165, 1.54) is 0 Å². The molecular formula is C15H14F10O9S. The van der Waals surface area contributed by atoms with Crippen molar-refractivity contribution < 1.29 is 85.5 Å². The highest BCUT2D eigenvalue weighted by atomic mass is 32.2. The van der Waals surface area contributed by atoms with Crippen molar-refractivity contribution in [3.8, 4) is 0 Å². The maximum atomic E-state index is 13.6. The van der Waals surface area contributed by atoms with Crippen molar-refractivity contribution in [1.29, 1.82) is 0 Å². The van der Waals surface area contributed by atoms with E-state index >= 15 is 0 Å². The first-order valence-corrected chi connectivity index (χ1v) is 9.87. The molecule has 9 nitrogen and oxygen atoms in total. The summed E-state index contributed by atoms with van der Waals surface area (Å²) in [4.78, 5) is 34.3. The van der Waals surface area contributed by atoms with Gasteiger partial charge in [0.2, 0.25) is 0 Å². The highest BCUT2D eigenvalue weighted by Crippen LogP contribution is 2.42. The molecule has 204 valence electrons. The normalized spacial score (nSPS) is 15.2. The van der Waals surface area contributed by atoms with Crippen LogP contribution in [0.25, 0.3) is 0 Å². The van der Waals surface area contributed by atoms with Gasteiger partial charge in [0.1, 0.15) is 12.2 Å². The fraction of sp³-hybridized carbons (Fsp3) is 0.667. The van der Waals surface area contributed by atoms with E-state index in [-0.39, 0.29) is 0 Å². The second-order valence-corrected chi connectivity index (χ2v) is 7.87. The maximum Gasteiger partial charge on any atom is 0.468 e. The van der Waals surface area contributed by atoms with Crippen LogP contribution in [0.5, 0.6) is 0 Å². The van der Waals surface area contributed by atoms with Crippen molar-refractivity contribution in [2.75, 3.05) is 13.2 Å². The van der Waals surface area contributed by atoms with Gasteiger partial charge in [-0.2, -0.15) is 52.3 Å². The molecule has 0 aliphatic rings. The minimum absolute atomic E-state index is 0.665. The number of ether oxygens (including phenoxy) is 3. The number of ketones is 1. The Morgan fingerprint density at radius 1 is 0.943 bits per heavy atom. The molecule has 0 rings (SSSR count). The van der Waals surface area contributed by atoms with Gasteiger partial charge < -0.3 is 14.2 Å². The average molecular weight is 560 g/mol. The Morgan fingerprint density at radius 3 is 1.80 bits per heavy atom. The number of carbonyl (C=O) groups excluding carboxylic acids is 3. The van der Waals surface area contributed by atoms with Crippen molar-refractivity contribution in [3.63, 3.8) is 0 Å². The van der Waals surface area contributed by atoms with E-state index in [0.717, 1.165) is 0 Å². The zero-order valence-electron chi connectivity index (χ0n) is 16.9. The summed E-state index contributed by atoms with van der Waals surface area (Å²) in [5.74, 6) is -17.7. The van der Waals surface area contributed by atoms with Gasteiger partial charge >= 0.3 is 51.4 Å². The lowest BCUT2D eigenvalue weighted by atomic mass is 10.2. The average Bonchev–Trinajstić information content (AvgIpc) is 2.64. The van der Waals surface area contributed by atoms with E-state index in [9.17, 15) is 66.7 Å². The van der Waals surface area contributed by atoms with Gasteiger partial charge in [-0.15, -0.1) is 0 Å². The highest BCUT2D eigenvalue weighted by Gasteiger charge is 2.69. The largest absolute Gasteiger partial charge is 0.468 e. The molecule has 0 saturated heterocycles. The molecule has 0 aromatic rings. The number of rotatable bonds is 12. The van der Waals surface area contributed by atoms with E-state index in [0.29, 0.717) is 6.92 Å². The molecule has 1 N–H and O–H groups in total. The van der Waals surface area contributed by atoms with Gasteiger partial charge in [-0.3, -0.25) is 9.35 Å². The van der Waals surface area contributed by atoms with E-state index in [2.05, 4.69) is 20.8 Å². The highest BCUT2D eigenvalue weighted by molar-refractivity contribution is 7.87. The number of halogens is 10. The van der Waals surface area contributed by atoms with E-state index in [1.54, 1.807) is 0 Å². The number of esters is 2. The minimum atomic E-state index is -6.71. The Morgan fingerprint density at radius 2 is 1.43 bits per heavy atom. The van der Waals surface area contributed by atoms with Crippen LogP contribution in [0.2, 0.25) is 0 Å². The number of carbonyl (C=O) groups is 3. The molecule has 1 unspecified atom stereocenters. The Bertz CT molecular complexity index is 940. The Kier molecular flexibility index (Phi) is 9.89. The molecule has 0 bridgehead atoms. The second kappa shape index (κ2) is 10.6. The Hall–Kier alpha value is -2.48. The van der Waals surface area contributed by atoms with Crippen LogP contribution in [-0.4, -0.2) is 73.2 Å². The summed E-state index contributed by atoms with van der Waals surface area (Å²) in [5, 5.41) is -6.13. The standard InChI is InChI=1S/C15H14F10O9S/c1-7(26)6-32-10(28)12(14(21,22)23,34-9(27)8(2)13(18,19)20)33-5-3-4-11(16,17)15(24,25)35(29,30)31/h2-6H2,1H3,(H,29,30,31). The smallest absolute Gasteiger partial charge is 0.453 e. The molecule has 0 amide bonds. The zero-order valence-corrected chi connectivity index (χ0v) is 17.8. The lowest BCUT2D eigenvalue weighted by molar-refractivity contribution is -0.355. The third kappa shape index (κ3) is 7.75. The molecule has 0 aromatic carbocycles. The SMILES string of the molecule is C=C(C(=O)OC(OCCCC(F)(F)C(F)(F)S(=O)(=O)O)(C(=O)OCC(C)=O)C(F)(F)F)C(F)(F)F. The van der Waals surface area contributed by atoms with E-state index in [1.807, 2.05) is 0 Å². The monoisotopic (exact) mass is 560 g/mol. The van der Waals surface area contributed by atoms with Crippen LogP contribution >= 0.6 is 0 Å². The van der Waals surface area contributed by atoms with Gasteiger partial charge in [0.25, 0.3) is 0 Å². The number of alkyl halides is 10. The van der Waals surface area contributed by atoms with Crippen LogP contribution in [0.3, 0.4) is 0 Å². The van der Waals surface area contributed by atoms with Crippen LogP contribution in [0.15, 0.2) is 12.2 Å². The maximum absolute atomic E-state index is 13.6. The number of Topliss-reactive ketones (excluding diaryl/α,β-unsaturated/α-hetero) is 1. The molecule has 0 saturated carbocycles. The van der Waals surface area contributed by atoms with Crippen LogP contribution in [0.4, 0.5) is 43.9 Å². The fourth-order valence-electron chi connectivity index (χ4n) is 1.80. The lowest BCUT2D eigenvalue weighted by Crippen LogP contribution is -2.59. The van der Waals surface area contributed by atoms with Gasteiger partial charge in [-0.05, 0) is 13.3 Å². The van der Waals surface area contributed by atoms with Crippen LogP contribution < -0.4 is 0 Å². The van der Waals surface area contributed by atoms with Crippen molar-refractivity contribution in [2.45, 2.75) is 49.1 Å². The van der Waals surface area contributed by atoms with Crippen LogP contribution in [-0.2, 0) is 38.7 Å². The van der Waals surface area contributed by atoms with Crippen molar-refractivity contribution in [1.82, 2.24) is 0 Å². The minimum Gasteiger partial charge on any atom is -0.453 e. The molecule has 0 aromatic heterocycles. The van der Waals surface area contributed by atoms with Gasteiger partial charge in [0, 0.05) is 6.42 Å². The van der Waals surface area contributed by atoms with Crippen LogP contribution in [0, 0.1) is 0 Å². The van der Waals surface area contributed by atoms with Gasteiger partial charge in [0.05, 0.1) is 6.61 Å². The third-order valence-corrected chi connectivity index (χ3v) is 4.51. The molecule has 0 radical (unpaired) electrons. The van der Waals surface area contributed by atoms with Gasteiger partial charge in [0.15, 0.2) is 5.78 Å². The summed E-state index contributed by atoms with van der Waals surface area (Å²) < 4.78 is 172. The van der Waals surface area contributed by atoms with Crippen molar-refractivity contribution in [2.24, 2.45) is 0 Å². The summed E-state index contributed by atoms with van der Waals surface area (Å²) in [6.07, 6.45) is -16.0. The van der Waals surface area contributed by atoms with Crippen LogP contribution in [0.1, 0.15) is 19.8 Å². The molecule has 20 heteroatoms. The van der Waals surface area contributed by atoms with Gasteiger partial charge in [-0.1, -0.05) is 6.58 Å². The lowest BCUT2D eigenvalue weighted by Gasteiger charge is -2.32. The molecular weight excluding hydrogens is 546 g/mol. The first kappa shape index (κ1) is 32.5. The predicted molar refractivity (Wildman–Crippen MR) is 88.3 cm³/mol. The quantitative estimate of drug-likeness (QED) is 0.0956. The molecule has 0 fully saturated rings. The van der Waals surface area contributed by atoms with E-state index in [4.69, 9.17) is 4.55 Å². The molecule has 0 aliphatic carbocycles. The fourth-order valence-corrected chi connectivity index (χ4v) is 2.28. The summed E-state index contributed by atoms with van der Waals surface area (Å²) in [6.45, 7) is -0.603. The molecule has 35 heavy (non-hydrogen) atoms. The summed E-state index contributed by atoms with van der Waals surface area (Å²) in [6, 6.07) is 0. The van der Waals surface area contributed by atoms with E-state index < -0.39 is 88.8 Å². The third-order valence-electron chi connectivity index (χ3n) is 3.56. The Balaban J connectivity index is 6.05. The summed E-state index contributed by atoms with van der Waals surface area (Å²) in [5.41, 5.74) is -2.60. The molecule has 0 spiro atoms. The molecule has 0 aliphatic heterocycles.